The monoisotopic (exact) mass is 270 g/mol. The molecule has 0 aliphatic carbocycles. The van der Waals surface area contributed by atoms with Crippen LogP contribution in [0.25, 0.3) is 0 Å². The predicted molar refractivity (Wildman–Crippen MR) is 62.7 cm³/mol. The number of ketones is 1. The number of fused-ring (bicyclic) bond motifs is 1. The largest absolute Gasteiger partial charge is 0.467 e. The second-order valence-corrected chi connectivity index (χ2v) is 3.97. The summed E-state index contributed by atoms with van der Waals surface area (Å²) in [5, 5.41) is 0.181. The molecule has 0 spiro atoms. The highest BCUT2D eigenvalue weighted by Gasteiger charge is 2.27. The van der Waals surface area contributed by atoms with Crippen LogP contribution in [0.15, 0.2) is 12.1 Å². The normalized spacial score (nSPS) is 13.4. The van der Waals surface area contributed by atoms with Crippen molar-refractivity contribution < 1.29 is 23.8 Å². The number of carbonyl (C=O) groups is 2. The Morgan fingerprint density at radius 3 is 2.94 bits per heavy atom. The first-order chi connectivity index (χ1) is 8.65. The molecule has 0 saturated carbocycles. The van der Waals surface area contributed by atoms with Gasteiger partial charge in [0.05, 0.1) is 23.8 Å². The lowest BCUT2D eigenvalue weighted by atomic mass is 10.0. The van der Waals surface area contributed by atoms with E-state index in [1.807, 2.05) is 0 Å². The van der Waals surface area contributed by atoms with Crippen molar-refractivity contribution in [3.63, 3.8) is 0 Å². The number of Topliss-reactive ketones (excluding diaryl/α,β-unsaturated/α-hetero) is 1. The fourth-order valence-corrected chi connectivity index (χ4v) is 1.93. The van der Waals surface area contributed by atoms with Crippen molar-refractivity contribution in [2.75, 3.05) is 13.4 Å². The molecular weight excluding hydrogens is 260 g/mol. The van der Waals surface area contributed by atoms with E-state index in [0.717, 1.165) is 0 Å². The van der Waals surface area contributed by atoms with E-state index in [2.05, 4.69) is 4.74 Å². The van der Waals surface area contributed by atoms with E-state index in [1.165, 1.54) is 6.07 Å². The summed E-state index contributed by atoms with van der Waals surface area (Å²) in [5.74, 6) is -1.22. The Balaban J connectivity index is 2.43. The summed E-state index contributed by atoms with van der Waals surface area (Å²) in [6, 6.07) is 3.15. The van der Waals surface area contributed by atoms with Crippen molar-refractivity contribution in [3.05, 3.63) is 28.3 Å². The molecule has 1 aromatic rings. The molecule has 0 N–H and O–H groups in total. The Labute approximate surface area is 109 Å². The van der Waals surface area contributed by atoms with Crippen molar-refractivity contribution in [2.24, 2.45) is 0 Å². The summed E-state index contributed by atoms with van der Waals surface area (Å²) < 4.78 is 15.0. The highest BCUT2D eigenvalue weighted by molar-refractivity contribution is 6.46. The minimum absolute atomic E-state index is 0.0901. The lowest BCUT2D eigenvalue weighted by molar-refractivity contribution is -0.137. The quantitative estimate of drug-likeness (QED) is 0.477. The van der Waals surface area contributed by atoms with E-state index in [1.54, 1.807) is 13.0 Å². The molecule has 1 aliphatic rings. The average molecular weight is 271 g/mol. The molecule has 6 heteroatoms. The minimum Gasteiger partial charge on any atom is -0.467 e. The maximum absolute atomic E-state index is 12.0. The van der Waals surface area contributed by atoms with Gasteiger partial charge in [0.15, 0.2) is 6.79 Å². The van der Waals surface area contributed by atoms with Crippen LogP contribution in [0.1, 0.15) is 22.8 Å². The van der Waals surface area contributed by atoms with Crippen molar-refractivity contribution in [1.29, 1.82) is 0 Å². The fourth-order valence-electron chi connectivity index (χ4n) is 1.67. The molecule has 0 aromatic heterocycles. The topological polar surface area (TPSA) is 61.8 Å². The molecule has 1 heterocycles. The van der Waals surface area contributed by atoms with Crippen LogP contribution in [0.4, 0.5) is 0 Å². The summed E-state index contributed by atoms with van der Waals surface area (Å²) >= 11 is 5.96. The molecule has 0 amide bonds. The third kappa shape index (κ3) is 2.32. The van der Waals surface area contributed by atoms with Gasteiger partial charge in [0, 0.05) is 5.56 Å². The number of ether oxygens (including phenoxy) is 3. The van der Waals surface area contributed by atoms with E-state index < -0.39 is 11.8 Å². The standard InChI is InChI=1S/C12H11ClO5/c1-2-17-12(15)11(14)10-7-5-16-6-18-9(7)4-3-8(10)13/h3-4H,2,5-6H2,1H3. The lowest BCUT2D eigenvalue weighted by Gasteiger charge is -2.20. The number of halogens is 1. The van der Waals surface area contributed by atoms with Gasteiger partial charge < -0.3 is 14.2 Å². The fraction of sp³-hybridized carbons (Fsp3) is 0.333. The number of hydrogen-bond donors (Lipinski definition) is 0. The van der Waals surface area contributed by atoms with Gasteiger partial charge in [-0.3, -0.25) is 4.79 Å². The molecule has 1 aliphatic heterocycles. The third-order valence-electron chi connectivity index (χ3n) is 2.45. The maximum atomic E-state index is 12.0. The Hall–Kier alpha value is -1.59. The summed E-state index contributed by atoms with van der Waals surface area (Å²) in [7, 11) is 0. The number of carbonyl (C=O) groups excluding carboxylic acids is 2. The zero-order valence-electron chi connectivity index (χ0n) is 9.70. The van der Waals surface area contributed by atoms with Crippen LogP contribution in [-0.4, -0.2) is 25.2 Å². The zero-order chi connectivity index (χ0) is 13.1. The van der Waals surface area contributed by atoms with Gasteiger partial charge in [0.1, 0.15) is 5.75 Å². The highest BCUT2D eigenvalue weighted by atomic mass is 35.5. The summed E-state index contributed by atoms with van der Waals surface area (Å²) in [6.45, 7) is 2.04. The second kappa shape index (κ2) is 5.37. The van der Waals surface area contributed by atoms with Gasteiger partial charge in [-0.1, -0.05) is 11.6 Å². The van der Waals surface area contributed by atoms with Gasteiger partial charge in [-0.05, 0) is 19.1 Å². The first kappa shape index (κ1) is 12.9. The van der Waals surface area contributed by atoms with Gasteiger partial charge in [0.25, 0.3) is 5.78 Å². The molecule has 1 aromatic carbocycles. The summed E-state index contributed by atoms with van der Waals surface area (Å²) in [5.41, 5.74) is 0.569. The predicted octanol–water partition coefficient (Wildman–Crippen LogP) is 1.95. The second-order valence-electron chi connectivity index (χ2n) is 3.56. The first-order valence-electron chi connectivity index (χ1n) is 5.38. The van der Waals surface area contributed by atoms with Gasteiger partial charge in [-0.15, -0.1) is 0 Å². The molecule has 18 heavy (non-hydrogen) atoms. The van der Waals surface area contributed by atoms with E-state index in [4.69, 9.17) is 21.1 Å². The number of esters is 1. The van der Waals surface area contributed by atoms with Crippen LogP contribution in [-0.2, 0) is 20.9 Å². The third-order valence-corrected chi connectivity index (χ3v) is 2.77. The number of benzene rings is 1. The minimum atomic E-state index is -0.932. The van der Waals surface area contributed by atoms with Crippen molar-refractivity contribution in [1.82, 2.24) is 0 Å². The molecular formula is C12H11ClO5. The van der Waals surface area contributed by atoms with Crippen LogP contribution in [0.3, 0.4) is 0 Å². The van der Waals surface area contributed by atoms with Crippen LogP contribution in [0, 0.1) is 0 Å². The molecule has 0 unspecified atom stereocenters. The number of rotatable bonds is 3. The van der Waals surface area contributed by atoms with E-state index in [9.17, 15) is 9.59 Å². The first-order valence-corrected chi connectivity index (χ1v) is 5.76. The van der Waals surface area contributed by atoms with Gasteiger partial charge in [-0.25, -0.2) is 4.79 Å². The Kier molecular flexibility index (Phi) is 3.84. The molecule has 5 nitrogen and oxygen atoms in total. The van der Waals surface area contributed by atoms with E-state index in [0.29, 0.717) is 11.3 Å². The smallest absolute Gasteiger partial charge is 0.379 e. The van der Waals surface area contributed by atoms with Gasteiger partial charge in [-0.2, -0.15) is 0 Å². The molecule has 0 fully saturated rings. The summed E-state index contributed by atoms with van der Waals surface area (Å²) in [4.78, 5) is 23.4. The van der Waals surface area contributed by atoms with Gasteiger partial charge in [0.2, 0.25) is 0 Å². The van der Waals surface area contributed by atoms with Crippen molar-refractivity contribution >= 4 is 23.4 Å². The van der Waals surface area contributed by atoms with Crippen molar-refractivity contribution in [3.8, 4) is 5.75 Å². The van der Waals surface area contributed by atoms with Crippen molar-refractivity contribution in [2.45, 2.75) is 13.5 Å². The molecule has 96 valence electrons. The maximum Gasteiger partial charge on any atom is 0.379 e. The molecule has 0 radical (unpaired) electrons. The van der Waals surface area contributed by atoms with E-state index >= 15 is 0 Å². The van der Waals surface area contributed by atoms with Crippen LogP contribution >= 0.6 is 11.6 Å². The summed E-state index contributed by atoms with van der Waals surface area (Å²) in [6.07, 6.45) is 0. The lowest BCUT2D eigenvalue weighted by Crippen LogP contribution is -2.22. The zero-order valence-corrected chi connectivity index (χ0v) is 10.5. The molecule has 0 atom stereocenters. The van der Waals surface area contributed by atoms with Crippen LogP contribution < -0.4 is 4.74 Å². The van der Waals surface area contributed by atoms with Crippen LogP contribution in [0.2, 0.25) is 5.02 Å². The molecule has 0 saturated heterocycles. The number of hydrogen-bond acceptors (Lipinski definition) is 5. The Morgan fingerprint density at radius 2 is 2.22 bits per heavy atom. The van der Waals surface area contributed by atoms with E-state index in [-0.39, 0.29) is 30.6 Å². The highest BCUT2D eigenvalue weighted by Crippen LogP contribution is 2.32. The van der Waals surface area contributed by atoms with Crippen LogP contribution in [0.5, 0.6) is 5.75 Å². The Bertz CT molecular complexity index is 497. The Morgan fingerprint density at radius 1 is 1.44 bits per heavy atom. The van der Waals surface area contributed by atoms with Gasteiger partial charge >= 0.3 is 5.97 Å². The molecule has 0 bridgehead atoms. The average Bonchev–Trinajstić information content (AvgIpc) is 2.38. The SMILES string of the molecule is CCOC(=O)C(=O)c1c(Cl)ccc2c1COCO2. The molecule has 2 rings (SSSR count).